The van der Waals surface area contributed by atoms with Gasteiger partial charge in [-0.05, 0) is 51.1 Å². The lowest BCUT2D eigenvalue weighted by atomic mass is 9.95. The van der Waals surface area contributed by atoms with Crippen LogP contribution in [0.1, 0.15) is 60.8 Å². The topological polar surface area (TPSA) is 52.6 Å². The summed E-state index contributed by atoms with van der Waals surface area (Å²) in [5.41, 5.74) is -0.794. The third-order valence-electron chi connectivity index (χ3n) is 3.64. The highest BCUT2D eigenvalue weighted by molar-refractivity contribution is 5.78. The zero-order valence-corrected chi connectivity index (χ0v) is 14.9. The summed E-state index contributed by atoms with van der Waals surface area (Å²) < 4.78 is 0. The van der Waals surface area contributed by atoms with E-state index >= 15 is 0 Å². The number of carboxylic acids is 1. The Hall–Kier alpha value is -0.610. The fraction of sp³-hybridized carbons (Fsp3) is 0.941. The Morgan fingerprint density at radius 2 is 1.71 bits per heavy atom. The van der Waals surface area contributed by atoms with Gasteiger partial charge in [0.15, 0.2) is 0 Å². The van der Waals surface area contributed by atoms with E-state index < -0.39 is 11.5 Å². The van der Waals surface area contributed by atoms with Gasteiger partial charge in [0.1, 0.15) is 5.54 Å². The van der Waals surface area contributed by atoms with Crippen LogP contribution in [0.4, 0.5) is 0 Å². The summed E-state index contributed by atoms with van der Waals surface area (Å²) in [6.07, 6.45) is 2.55. The van der Waals surface area contributed by atoms with Crippen LogP contribution in [-0.4, -0.2) is 47.7 Å². The summed E-state index contributed by atoms with van der Waals surface area (Å²) in [4.78, 5) is 14.0. The lowest BCUT2D eigenvalue weighted by Gasteiger charge is -2.29. The smallest absolute Gasteiger partial charge is 0.323 e. The molecule has 1 atom stereocenters. The molecule has 0 spiro atoms. The Balaban J connectivity index is 4.39. The summed E-state index contributed by atoms with van der Waals surface area (Å²) >= 11 is 0. The van der Waals surface area contributed by atoms with Crippen LogP contribution >= 0.6 is 0 Å². The van der Waals surface area contributed by atoms with Crippen LogP contribution in [0.25, 0.3) is 0 Å². The minimum absolute atomic E-state index is 0.646. The molecule has 0 aliphatic rings. The van der Waals surface area contributed by atoms with E-state index in [0.29, 0.717) is 18.3 Å². The number of carbonyl (C=O) groups is 1. The molecule has 0 rings (SSSR count). The zero-order chi connectivity index (χ0) is 16.5. The van der Waals surface area contributed by atoms with Crippen LogP contribution in [-0.2, 0) is 4.79 Å². The summed E-state index contributed by atoms with van der Waals surface area (Å²) in [6.45, 7) is 16.7. The Labute approximate surface area is 131 Å². The van der Waals surface area contributed by atoms with Crippen molar-refractivity contribution in [3.8, 4) is 0 Å². The van der Waals surface area contributed by atoms with Crippen LogP contribution < -0.4 is 5.32 Å². The van der Waals surface area contributed by atoms with Crippen LogP contribution in [0.2, 0.25) is 0 Å². The quantitative estimate of drug-likeness (QED) is 0.581. The molecule has 0 saturated heterocycles. The minimum atomic E-state index is -0.794. The van der Waals surface area contributed by atoms with Gasteiger partial charge in [-0.3, -0.25) is 4.79 Å². The highest BCUT2D eigenvalue weighted by Crippen LogP contribution is 2.15. The van der Waals surface area contributed by atoms with E-state index in [4.69, 9.17) is 0 Å². The van der Waals surface area contributed by atoms with Gasteiger partial charge >= 0.3 is 5.97 Å². The Bertz CT molecular complexity index is 283. The highest BCUT2D eigenvalue weighted by atomic mass is 16.4. The molecule has 0 radical (unpaired) electrons. The highest BCUT2D eigenvalue weighted by Gasteiger charge is 2.31. The van der Waals surface area contributed by atoms with Gasteiger partial charge in [-0.15, -0.1) is 0 Å². The fourth-order valence-corrected chi connectivity index (χ4v) is 2.62. The molecule has 0 saturated carbocycles. The third-order valence-corrected chi connectivity index (χ3v) is 3.64. The van der Waals surface area contributed by atoms with Gasteiger partial charge in [-0.1, -0.05) is 34.6 Å². The molecular weight excluding hydrogens is 264 g/mol. The molecule has 0 fully saturated rings. The first-order valence-corrected chi connectivity index (χ1v) is 8.42. The van der Waals surface area contributed by atoms with Crippen LogP contribution in [0.5, 0.6) is 0 Å². The summed E-state index contributed by atoms with van der Waals surface area (Å²) in [5.74, 6) is 0.552. The van der Waals surface area contributed by atoms with Crippen molar-refractivity contribution in [1.82, 2.24) is 10.2 Å². The van der Waals surface area contributed by atoms with Gasteiger partial charge in [0, 0.05) is 13.1 Å². The van der Waals surface area contributed by atoms with Crippen molar-refractivity contribution in [1.29, 1.82) is 0 Å². The van der Waals surface area contributed by atoms with E-state index in [0.717, 1.165) is 39.0 Å². The van der Waals surface area contributed by atoms with Crippen molar-refractivity contribution >= 4 is 5.97 Å². The van der Waals surface area contributed by atoms with Gasteiger partial charge in [0.25, 0.3) is 0 Å². The van der Waals surface area contributed by atoms with Gasteiger partial charge in [0.2, 0.25) is 0 Å². The molecule has 0 bridgehead atoms. The van der Waals surface area contributed by atoms with Gasteiger partial charge in [-0.2, -0.15) is 0 Å². The van der Waals surface area contributed by atoms with Crippen LogP contribution in [0.15, 0.2) is 0 Å². The lowest BCUT2D eigenvalue weighted by Crippen LogP contribution is -2.50. The molecule has 21 heavy (non-hydrogen) atoms. The van der Waals surface area contributed by atoms with Crippen molar-refractivity contribution in [3.63, 3.8) is 0 Å². The maximum absolute atomic E-state index is 11.5. The van der Waals surface area contributed by atoms with E-state index in [1.165, 1.54) is 0 Å². The number of aliphatic carboxylic acids is 1. The summed E-state index contributed by atoms with van der Waals surface area (Å²) in [5, 5.41) is 12.6. The van der Waals surface area contributed by atoms with E-state index in [9.17, 15) is 9.90 Å². The summed E-state index contributed by atoms with van der Waals surface area (Å²) in [7, 11) is 0. The molecule has 4 heteroatoms. The van der Waals surface area contributed by atoms with Crippen LogP contribution in [0.3, 0.4) is 0 Å². The number of nitrogens with zero attached hydrogens (tertiary/aromatic N) is 1. The number of nitrogens with one attached hydrogen (secondary N) is 1. The Morgan fingerprint density at radius 3 is 2.10 bits per heavy atom. The van der Waals surface area contributed by atoms with Gasteiger partial charge < -0.3 is 15.3 Å². The molecule has 0 aromatic rings. The van der Waals surface area contributed by atoms with E-state index in [2.05, 4.69) is 44.8 Å². The number of rotatable bonds is 12. The molecule has 1 unspecified atom stereocenters. The predicted molar refractivity (Wildman–Crippen MR) is 89.7 cm³/mol. The number of hydrogen-bond donors (Lipinski definition) is 2. The molecule has 0 aliphatic carbocycles. The maximum atomic E-state index is 11.5. The first kappa shape index (κ1) is 20.4. The standard InChI is InChI=1S/C17H36N2O2/c1-7-10-18-17(6,16(20)21)9-8-11-19(12-14(2)3)13-15(4)5/h14-15,18H,7-13H2,1-6H3,(H,20,21). The first-order chi connectivity index (χ1) is 9.71. The normalized spacial score (nSPS) is 14.9. The molecule has 0 aliphatic heterocycles. The maximum Gasteiger partial charge on any atom is 0.323 e. The van der Waals surface area contributed by atoms with Crippen molar-refractivity contribution < 1.29 is 9.90 Å². The monoisotopic (exact) mass is 300 g/mol. The molecular formula is C17H36N2O2. The average Bonchev–Trinajstić information content (AvgIpc) is 2.34. The SMILES string of the molecule is CCCNC(C)(CCCN(CC(C)C)CC(C)C)C(=O)O. The Kier molecular flexibility index (Phi) is 9.88. The lowest BCUT2D eigenvalue weighted by molar-refractivity contribution is -0.144. The molecule has 0 heterocycles. The van der Waals surface area contributed by atoms with Crippen molar-refractivity contribution in [3.05, 3.63) is 0 Å². The molecule has 0 aromatic heterocycles. The predicted octanol–water partition coefficient (Wildman–Crippen LogP) is 3.22. The molecule has 0 aromatic carbocycles. The molecule has 2 N–H and O–H groups in total. The first-order valence-electron chi connectivity index (χ1n) is 8.42. The second-order valence-corrected chi connectivity index (χ2v) is 7.21. The van der Waals surface area contributed by atoms with Crippen LogP contribution in [0, 0.1) is 11.8 Å². The van der Waals surface area contributed by atoms with Crippen molar-refractivity contribution in [2.24, 2.45) is 11.8 Å². The minimum Gasteiger partial charge on any atom is -0.480 e. The molecule has 126 valence electrons. The van der Waals surface area contributed by atoms with Gasteiger partial charge in [0.05, 0.1) is 0 Å². The molecule has 0 amide bonds. The average molecular weight is 300 g/mol. The van der Waals surface area contributed by atoms with Crippen molar-refractivity contribution in [2.45, 2.75) is 66.3 Å². The largest absolute Gasteiger partial charge is 0.480 e. The van der Waals surface area contributed by atoms with E-state index in [-0.39, 0.29) is 0 Å². The summed E-state index contributed by atoms with van der Waals surface area (Å²) in [6, 6.07) is 0. The molecule has 4 nitrogen and oxygen atoms in total. The zero-order valence-electron chi connectivity index (χ0n) is 14.9. The Morgan fingerprint density at radius 1 is 1.19 bits per heavy atom. The third kappa shape index (κ3) is 9.10. The number of hydrogen-bond acceptors (Lipinski definition) is 3. The van der Waals surface area contributed by atoms with Crippen molar-refractivity contribution in [2.75, 3.05) is 26.2 Å². The fourth-order valence-electron chi connectivity index (χ4n) is 2.62. The number of carboxylic acid groups (broad SMARTS) is 1. The second kappa shape index (κ2) is 10.2. The second-order valence-electron chi connectivity index (χ2n) is 7.21. The van der Waals surface area contributed by atoms with Gasteiger partial charge in [-0.25, -0.2) is 0 Å². The van der Waals surface area contributed by atoms with E-state index in [1.807, 2.05) is 0 Å². The van der Waals surface area contributed by atoms with E-state index in [1.54, 1.807) is 6.92 Å².